The molecule has 19 heavy (non-hydrogen) atoms. The summed E-state index contributed by atoms with van der Waals surface area (Å²) in [6.45, 7) is 12.8. The molecule has 3 saturated heterocycles. The molecular weight excluding hydrogens is 349 g/mol. The van der Waals surface area contributed by atoms with Crippen LogP contribution in [0.2, 0.25) is 0 Å². The highest BCUT2D eigenvalue weighted by Gasteiger charge is 2.41. The molecule has 4 heteroatoms. The predicted octanol–water partition coefficient (Wildman–Crippen LogP) is 2.12. The molecule has 0 aliphatic carbocycles. The highest BCUT2D eigenvalue weighted by molar-refractivity contribution is 14.1. The lowest BCUT2D eigenvalue weighted by Crippen LogP contribution is -2.46. The molecule has 0 aromatic heterocycles. The van der Waals surface area contributed by atoms with Crippen LogP contribution in [0.1, 0.15) is 26.7 Å². The van der Waals surface area contributed by atoms with Crippen LogP contribution < -0.4 is 0 Å². The summed E-state index contributed by atoms with van der Waals surface area (Å²) in [5.41, 5.74) is 0. The van der Waals surface area contributed by atoms with E-state index in [0.717, 1.165) is 23.9 Å². The molecule has 0 N–H and O–H groups in total. The third-order valence-corrected chi connectivity index (χ3v) is 6.47. The minimum atomic E-state index is 0.733. The van der Waals surface area contributed by atoms with Crippen molar-refractivity contribution in [3.8, 4) is 0 Å². The number of hydrogen-bond acceptors (Lipinski definition) is 3. The maximum absolute atomic E-state index is 2.83. The van der Waals surface area contributed by atoms with E-state index in [2.05, 4.69) is 51.1 Å². The van der Waals surface area contributed by atoms with Gasteiger partial charge in [0.25, 0.3) is 0 Å². The highest BCUT2D eigenvalue weighted by Crippen LogP contribution is 2.34. The summed E-state index contributed by atoms with van der Waals surface area (Å²) in [4.78, 5) is 8.11. The average molecular weight is 377 g/mol. The van der Waals surface area contributed by atoms with Gasteiger partial charge in [-0.15, -0.1) is 0 Å². The van der Waals surface area contributed by atoms with Gasteiger partial charge < -0.3 is 4.90 Å². The molecule has 3 rings (SSSR count). The summed E-state index contributed by atoms with van der Waals surface area (Å²) in [7, 11) is 0. The maximum atomic E-state index is 2.83. The van der Waals surface area contributed by atoms with Gasteiger partial charge in [0.1, 0.15) is 0 Å². The molecule has 3 heterocycles. The first kappa shape index (κ1) is 14.5. The van der Waals surface area contributed by atoms with E-state index in [1.807, 2.05) is 0 Å². The molecule has 2 unspecified atom stereocenters. The molecule has 2 atom stereocenters. The number of halogens is 1. The lowest BCUT2D eigenvalue weighted by atomic mass is 10.0. The van der Waals surface area contributed by atoms with Crippen molar-refractivity contribution in [2.45, 2.75) is 38.8 Å². The minimum Gasteiger partial charge on any atom is -0.301 e. The summed E-state index contributed by atoms with van der Waals surface area (Å²) < 4.78 is 1.22. The first-order valence-corrected chi connectivity index (χ1v) is 9.46. The van der Waals surface area contributed by atoms with Gasteiger partial charge in [0.2, 0.25) is 0 Å². The lowest BCUT2D eigenvalue weighted by molar-refractivity contribution is 0.0998. The third-order valence-electron chi connectivity index (χ3n) is 5.50. The first-order chi connectivity index (χ1) is 9.17. The molecule has 110 valence electrons. The van der Waals surface area contributed by atoms with Crippen LogP contribution in [0.25, 0.3) is 0 Å². The van der Waals surface area contributed by atoms with Crippen molar-refractivity contribution in [3.63, 3.8) is 0 Å². The van der Waals surface area contributed by atoms with E-state index < -0.39 is 0 Å². The Balaban J connectivity index is 1.48. The Kier molecular flexibility index (Phi) is 4.71. The summed E-state index contributed by atoms with van der Waals surface area (Å²) in [6.07, 6.45) is 2.79. The zero-order valence-electron chi connectivity index (χ0n) is 12.4. The molecule has 0 amide bonds. The highest BCUT2D eigenvalue weighted by atomic mass is 127. The Labute approximate surface area is 131 Å². The maximum Gasteiger partial charge on any atom is 0.0505 e. The zero-order valence-corrected chi connectivity index (χ0v) is 14.6. The number of rotatable bonds is 3. The number of nitrogens with zero attached hydrogens (tertiary/aromatic N) is 3. The molecule has 3 nitrogen and oxygen atoms in total. The monoisotopic (exact) mass is 377 g/mol. The zero-order chi connectivity index (χ0) is 13.4. The molecule has 3 aliphatic heterocycles. The minimum absolute atomic E-state index is 0.733. The van der Waals surface area contributed by atoms with Gasteiger partial charge in [-0.05, 0) is 51.6 Å². The Morgan fingerprint density at radius 1 is 1.00 bits per heavy atom. The van der Waals surface area contributed by atoms with Crippen molar-refractivity contribution in [2.75, 3.05) is 43.8 Å². The topological polar surface area (TPSA) is 9.72 Å². The largest absolute Gasteiger partial charge is 0.301 e. The quantitative estimate of drug-likeness (QED) is 0.424. The second-order valence-corrected chi connectivity index (χ2v) is 7.67. The summed E-state index contributed by atoms with van der Waals surface area (Å²) in [6, 6.07) is 1.62. The number of likely N-dealkylation sites (tertiary alicyclic amines) is 3. The Morgan fingerprint density at radius 3 is 2.05 bits per heavy atom. The van der Waals surface area contributed by atoms with E-state index >= 15 is 0 Å². The van der Waals surface area contributed by atoms with E-state index in [-0.39, 0.29) is 0 Å². The van der Waals surface area contributed by atoms with Crippen molar-refractivity contribution in [1.82, 2.24) is 14.7 Å². The fraction of sp³-hybridized carbons (Fsp3) is 1.00. The third kappa shape index (κ3) is 3.11. The lowest BCUT2D eigenvalue weighted by Gasteiger charge is -2.39. The summed E-state index contributed by atoms with van der Waals surface area (Å²) in [5, 5.41) is 0. The van der Waals surface area contributed by atoms with Gasteiger partial charge in [0, 0.05) is 38.3 Å². The van der Waals surface area contributed by atoms with Gasteiger partial charge in [-0.25, -0.2) is 0 Å². The number of alkyl halides is 1. The van der Waals surface area contributed by atoms with Gasteiger partial charge in [0.05, 0.1) is 4.55 Å². The Bertz CT molecular complexity index is 288. The van der Waals surface area contributed by atoms with Crippen LogP contribution >= 0.6 is 22.6 Å². The van der Waals surface area contributed by atoms with E-state index in [4.69, 9.17) is 0 Å². The number of fused-ring (bicyclic) bond motifs is 1. The van der Waals surface area contributed by atoms with Crippen LogP contribution in [0.3, 0.4) is 0 Å². The van der Waals surface area contributed by atoms with E-state index in [1.54, 1.807) is 0 Å². The fourth-order valence-electron chi connectivity index (χ4n) is 4.29. The van der Waals surface area contributed by atoms with Crippen molar-refractivity contribution in [2.24, 2.45) is 11.8 Å². The standard InChI is InChI=1S/C15H28IN3/c1-12(2)18-5-3-15(4-6-18)19-9-13-7-17(11-16)8-14(13)10-19/h12-15H,3-11H2,1-2H3. The van der Waals surface area contributed by atoms with Gasteiger partial charge in [0.15, 0.2) is 0 Å². The van der Waals surface area contributed by atoms with Crippen molar-refractivity contribution in [3.05, 3.63) is 0 Å². The van der Waals surface area contributed by atoms with Crippen LogP contribution in [-0.4, -0.2) is 70.6 Å². The van der Waals surface area contributed by atoms with Gasteiger partial charge in [-0.2, -0.15) is 0 Å². The molecule has 0 bridgehead atoms. The Hall–Kier alpha value is 0.610. The Morgan fingerprint density at radius 2 is 1.58 bits per heavy atom. The molecule has 0 radical (unpaired) electrons. The normalized spacial score (nSPS) is 35.4. The summed E-state index contributed by atoms with van der Waals surface area (Å²) in [5.74, 6) is 1.94. The van der Waals surface area contributed by atoms with Crippen LogP contribution in [0.4, 0.5) is 0 Å². The second-order valence-electron chi connectivity index (χ2n) is 6.99. The van der Waals surface area contributed by atoms with Crippen molar-refractivity contribution in [1.29, 1.82) is 0 Å². The second kappa shape index (κ2) is 6.16. The summed E-state index contributed by atoms with van der Waals surface area (Å²) >= 11 is 2.51. The van der Waals surface area contributed by atoms with Crippen molar-refractivity contribution >= 4 is 22.6 Å². The average Bonchev–Trinajstić information content (AvgIpc) is 2.96. The molecule has 0 saturated carbocycles. The van der Waals surface area contributed by atoms with Crippen LogP contribution in [-0.2, 0) is 0 Å². The SMILES string of the molecule is CC(C)N1CCC(N2CC3CN(CI)CC3C2)CC1. The van der Waals surface area contributed by atoms with E-state index in [0.29, 0.717) is 0 Å². The van der Waals surface area contributed by atoms with E-state index in [1.165, 1.54) is 56.7 Å². The molecular formula is C15H28IN3. The van der Waals surface area contributed by atoms with E-state index in [9.17, 15) is 0 Å². The molecule has 0 aromatic carbocycles. The molecule has 3 fully saturated rings. The van der Waals surface area contributed by atoms with Crippen LogP contribution in [0, 0.1) is 11.8 Å². The van der Waals surface area contributed by atoms with Crippen LogP contribution in [0.5, 0.6) is 0 Å². The fourth-order valence-corrected chi connectivity index (χ4v) is 4.85. The number of piperidine rings is 1. The van der Waals surface area contributed by atoms with Gasteiger partial charge in [-0.1, -0.05) is 22.6 Å². The molecule has 0 aromatic rings. The predicted molar refractivity (Wildman–Crippen MR) is 88.7 cm³/mol. The number of hydrogen-bond donors (Lipinski definition) is 0. The first-order valence-electron chi connectivity index (χ1n) is 7.93. The van der Waals surface area contributed by atoms with Gasteiger partial charge >= 0.3 is 0 Å². The molecule has 0 spiro atoms. The van der Waals surface area contributed by atoms with Crippen LogP contribution in [0.15, 0.2) is 0 Å². The van der Waals surface area contributed by atoms with Gasteiger partial charge in [-0.3, -0.25) is 9.80 Å². The molecule has 3 aliphatic rings. The smallest absolute Gasteiger partial charge is 0.0505 e. The van der Waals surface area contributed by atoms with Crippen molar-refractivity contribution < 1.29 is 0 Å².